The highest BCUT2D eigenvalue weighted by molar-refractivity contribution is 14.1. The van der Waals surface area contributed by atoms with Crippen molar-refractivity contribution in [3.63, 3.8) is 0 Å². The van der Waals surface area contributed by atoms with E-state index in [1.54, 1.807) is 6.07 Å². The van der Waals surface area contributed by atoms with Crippen molar-refractivity contribution >= 4 is 39.9 Å². The lowest BCUT2D eigenvalue weighted by Gasteiger charge is -2.52. The number of hydrogen-bond acceptors (Lipinski definition) is 4. The summed E-state index contributed by atoms with van der Waals surface area (Å²) in [6.45, 7) is -0.0201. The Hall–Kier alpha value is -1.85. The van der Waals surface area contributed by atoms with Crippen LogP contribution in [0.4, 0.5) is 24.5 Å². The molecule has 2 atom stereocenters. The molecule has 2 aromatic carbocycles. The van der Waals surface area contributed by atoms with Gasteiger partial charge in [0.25, 0.3) is 5.91 Å². The van der Waals surface area contributed by atoms with E-state index in [1.165, 1.54) is 17.0 Å². The van der Waals surface area contributed by atoms with Gasteiger partial charge in [-0.05, 0) is 65.8 Å². The van der Waals surface area contributed by atoms with Gasteiger partial charge in [-0.15, -0.1) is 0 Å². The van der Waals surface area contributed by atoms with Crippen molar-refractivity contribution in [2.24, 2.45) is 5.92 Å². The fraction of sp³-hybridized carbons (Fsp3) is 0.409. The molecule has 166 valence electrons. The first-order chi connectivity index (χ1) is 14.7. The van der Waals surface area contributed by atoms with Crippen molar-refractivity contribution < 1.29 is 28.2 Å². The Kier molecular flexibility index (Phi) is 6.19. The van der Waals surface area contributed by atoms with Crippen LogP contribution >= 0.6 is 22.6 Å². The van der Waals surface area contributed by atoms with Crippen LogP contribution in [0.25, 0.3) is 0 Å². The Balaban J connectivity index is 1.57. The van der Waals surface area contributed by atoms with Gasteiger partial charge in [0.05, 0.1) is 36.1 Å². The summed E-state index contributed by atoms with van der Waals surface area (Å²) < 4.78 is 43.3. The zero-order chi connectivity index (χ0) is 22.3. The Morgan fingerprint density at radius 1 is 1.10 bits per heavy atom. The largest absolute Gasteiger partial charge is 0.393 e. The van der Waals surface area contributed by atoms with Crippen LogP contribution in [0.15, 0.2) is 30.3 Å². The number of hydrogen-bond donors (Lipinski definition) is 3. The number of aliphatic hydroxyl groups excluding tert-OH is 1. The number of aliphatic hydroxyl groups is 2. The first kappa shape index (κ1) is 22.3. The quantitative estimate of drug-likeness (QED) is 0.504. The molecule has 2 aliphatic rings. The number of amides is 1. The average Bonchev–Trinajstić information content (AvgIpc) is 2.71. The minimum atomic E-state index is -1.29. The second-order valence-electron chi connectivity index (χ2n) is 8.26. The van der Waals surface area contributed by atoms with Crippen molar-refractivity contribution in [3.05, 3.63) is 56.9 Å². The average molecular weight is 546 g/mol. The van der Waals surface area contributed by atoms with Gasteiger partial charge in [-0.25, -0.2) is 13.2 Å². The van der Waals surface area contributed by atoms with Gasteiger partial charge in [0, 0.05) is 9.49 Å². The summed E-state index contributed by atoms with van der Waals surface area (Å²) in [6.07, 6.45) is 2.45. The van der Waals surface area contributed by atoms with E-state index in [9.17, 15) is 28.2 Å². The minimum absolute atomic E-state index is 0.0100. The highest BCUT2D eigenvalue weighted by Gasteiger charge is 2.52. The fourth-order valence-electron chi connectivity index (χ4n) is 4.48. The number of carbonyl (C=O) groups excluding carboxylic acids is 1. The lowest BCUT2D eigenvalue weighted by atomic mass is 9.71. The van der Waals surface area contributed by atoms with E-state index in [-0.39, 0.29) is 30.3 Å². The summed E-state index contributed by atoms with van der Waals surface area (Å²) >= 11 is 1.92. The van der Waals surface area contributed by atoms with Gasteiger partial charge in [0.2, 0.25) is 0 Å². The third-order valence-corrected chi connectivity index (χ3v) is 6.82. The smallest absolute Gasteiger partial charge is 0.256 e. The lowest BCUT2D eigenvalue weighted by molar-refractivity contribution is -0.156. The van der Waals surface area contributed by atoms with Crippen LogP contribution in [0, 0.1) is 26.9 Å². The van der Waals surface area contributed by atoms with E-state index >= 15 is 0 Å². The van der Waals surface area contributed by atoms with E-state index in [0.29, 0.717) is 16.4 Å². The fourth-order valence-corrected chi connectivity index (χ4v) is 4.93. The molecule has 9 heteroatoms. The van der Waals surface area contributed by atoms with E-state index < -0.39 is 40.8 Å². The van der Waals surface area contributed by atoms with Crippen LogP contribution in [0.5, 0.6) is 0 Å². The number of halogens is 4. The molecule has 1 aliphatic carbocycles. The van der Waals surface area contributed by atoms with E-state index in [4.69, 9.17) is 0 Å². The van der Waals surface area contributed by atoms with Crippen molar-refractivity contribution in [2.45, 2.75) is 37.4 Å². The third kappa shape index (κ3) is 4.27. The van der Waals surface area contributed by atoms with Gasteiger partial charge in [0.1, 0.15) is 11.4 Å². The van der Waals surface area contributed by atoms with Crippen molar-refractivity contribution in [2.75, 3.05) is 18.4 Å². The highest BCUT2D eigenvalue weighted by atomic mass is 127. The number of likely N-dealkylation sites (tertiary alicyclic amines) is 1. The summed E-state index contributed by atoms with van der Waals surface area (Å²) in [5.74, 6) is -4.06. The normalized spacial score (nSPS) is 22.7. The first-order valence-electron chi connectivity index (χ1n) is 10.1. The maximum atomic E-state index is 14.6. The predicted molar refractivity (Wildman–Crippen MR) is 118 cm³/mol. The summed E-state index contributed by atoms with van der Waals surface area (Å²) in [5.41, 5.74) is -1.92. The molecule has 1 heterocycles. The zero-order valence-corrected chi connectivity index (χ0v) is 18.7. The van der Waals surface area contributed by atoms with Crippen LogP contribution in [0.1, 0.15) is 36.0 Å². The van der Waals surface area contributed by atoms with Crippen LogP contribution < -0.4 is 5.32 Å². The molecular formula is C22H22F3IN2O3. The predicted octanol–water partition coefficient (Wildman–Crippen LogP) is 4.19. The lowest BCUT2D eigenvalue weighted by Crippen LogP contribution is -2.68. The molecule has 2 aromatic rings. The van der Waals surface area contributed by atoms with Gasteiger partial charge in [-0.1, -0.05) is 12.8 Å². The third-order valence-electron chi connectivity index (χ3n) is 6.15. The SMILES string of the molecule is O=C(c1ccc(F)c(F)c1Nc1ccc(I)cc1F)N1CC(O)([C@H]2CCCC[C@H]2O)C1. The topological polar surface area (TPSA) is 72.8 Å². The molecule has 1 amide bonds. The number of nitrogens with zero attached hydrogens (tertiary/aromatic N) is 1. The second kappa shape index (κ2) is 8.59. The second-order valence-corrected chi connectivity index (χ2v) is 9.50. The van der Waals surface area contributed by atoms with E-state index in [0.717, 1.165) is 25.0 Å². The molecule has 0 unspecified atom stereocenters. The summed E-state index contributed by atoms with van der Waals surface area (Å²) in [4.78, 5) is 14.3. The number of benzene rings is 2. The Bertz CT molecular complexity index is 1010. The maximum Gasteiger partial charge on any atom is 0.256 e. The van der Waals surface area contributed by atoms with Gasteiger partial charge in [-0.2, -0.15) is 0 Å². The van der Waals surface area contributed by atoms with Crippen LogP contribution in [-0.2, 0) is 0 Å². The molecule has 4 rings (SSSR count). The van der Waals surface area contributed by atoms with E-state index in [1.807, 2.05) is 22.6 Å². The van der Waals surface area contributed by atoms with Gasteiger partial charge in [-0.3, -0.25) is 4.79 Å². The molecule has 31 heavy (non-hydrogen) atoms. The van der Waals surface area contributed by atoms with Crippen molar-refractivity contribution in [1.29, 1.82) is 0 Å². The molecule has 1 aliphatic heterocycles. The molecule has 0 bridgehead atoms. The molecule has 0 radical (unpaired) electrons. The molecule has 5 nitrogen and oxygen atoms in total. The maximum absolute atomic E-state index is 14.6. The summed E-state index contributed by atoms with van der Waals surface area (Å²) in [7, 11) is 0. The van der Waals surface area contributed by atoms with Gasteiger partial charge >= 0.3 is 0 Å². The monoisotopic (exact) mass is 546 g/mol. The Morgan fingerprint density at radius 3 is 2.48 bits per heavy atom. The Morgan fingerprint density at radius 2 is 1.81 bits per heavy atom. The molecule has 1 saturated heterocycles. The highest BCUT2D eigenvalue weighted by Crippen LogP contribution is 2.40. The molecule has 0 spiro atoms. The number of rotatable bonds is 4. The summed E-state index contributed by atoms with van der Waals surface area (Å²) in [6, 6.07) is 6.18. The first-order valence-corrected chi connectivity index (χ1v) is 11.2. The molecule has 2 fully saturated rings. The minimum Gasteiger partial charge on any atom is -0.393 e. The molecule has 3 N–H and O–H groups in total. The Labute approximate surface area is 191 Å². The van der Waals surface area contributed by atoms with Crippen LogP contribution in [-0.4, -0.2) is 45.8 Å². The number of carbonyl (C=O) groups is 1. The van der Waals surface area contributed by atoms with Gasteiger partial charge < -0.3 is 20.4 Å². The standard InChI is InChI=1S/C22H22F3IN2O3/c23-15-7-6-13(20(19(15)25)27-17-8-5-12(26)9-16(17)24)21(30)28-10-22(31,11-28)14-3-1-2-4-18(14)29/h5-9,14,18,27,29,31H,1-4,10-11H2/t14-,18+/m0/s1. The number of anilines is 2. The van der Waals surface area contributed by atoms with Crippen LogP contribution in [0.3, 0.4) is 0 Å². The number of β-amino-alcohol motifs (C(OH)–C–C–N with tert-alkyl or cyclic N) is 1. The van der Waals surface area contributed by atoms with E-state index in [2.05, 4.69) is 5.32 Å². The van der Waals surface area contributed by atoms with Gasteiger partial charge in [0.15, 0.2) is 11.6 Å². The molecule has 0 aromatic heterocycles. The number of nitrogens with one attached hydrogen (secondary N) is 1. The molecule has 1 saturated carbocycles. The molecular weight excluding hydrogens is 524 g/mol. The van der Waals surface area contributed by atoms with Crippen LogP contribution in [0.2, 0.25) is 0 Å². The summed E-state index contributed by atoms with van der Waals surface area (Å²) in [5, 5.41) is 23.6. The van der Waals surface area contributed by atoms with Crippen molar-refractivity contribution in [1.82, 2.24) is 4.90 Å². The van der Waals surface area contributed by atoms with Crippen molar-refractivity contribution in [3.8, 4) is 0 Å². The zero-order valence-electron chi connectivity index (χ0n) is 16.5.